The van der Waals surface area contributed by atoms with Gasteiger partial charge in [0, 0.05) is 5.69 Å². The number of nitrogens with one attached hydrogen (secondary N) is 1. The minimum atomic E-state index is -3.10. The molecule has 0 bridgehead atoms. The number of hydrogen-bond donors (Lipinski definition) is 1. The topological polar surface area (TPSA) is 84.8 Å². The third-order valence-electron chi connectivity index (χ3n) is 3.90. The number of rotatable bonds is 5. The van der Waals surface area contributed by atoms with Crippen LogP contribution in [0, 0.1) is 0 Å². The zero-order chi connectivity index (χ0) is 16.3. The van der Waals surface area contributed by atoms with Gasteiger partial charge in [0.25, 0.3) is 0 Å². The van der Waals surface area contributed by atoms with Gasteiger partial charge in [-0.2, -0.15) is 4.98 Å². The molecule has 1 fully saturated rings. The number of halogens is 1. The van der Waals surface area contributed by atoms with Gasteiger partial charge in [0.2, 0.25) is 11.2 Å². The zero-order valence-electron chi connectivity index (χ0n) is 12.4. The van der Waals surface area contributed by atoms with E-state index in [1.807, 2.05) is 18.2 Å². The second-order valence-electron chi connectivity index (χ2n) is 5.62. The quantitative estimate of drug-likeness (QED) is 0.889. The van der Waals surface area contributed by atoms with Crippen LogP contribution in [-0.4, -0.2) is 28.6 Å². The van der Waals surface area contributed by atoms with Gasteiger partial charge >= 0.3 is 0 Å². The normalized spacial score (nSPS) is 15.7. The average molecular weight is 353 g/mol. The molecule has 0 saturated heterocycles. The van der Waals surface area contributed by atoms with Gasteiger partial charge in [-0.1, -0.05) is 25.0 Å². The molecule has 6 nitrogen and oxygen atoms in total. The van der Waals surface area contributed by atoms with Crippen molar-refractivity contribution in [2.45, 2.75) is 36.7 Å². The van der Waals surface area contributed by atoms with Gasteiger partial charge in [-0.25, -0.2) is 18.4 Å². The molecule has 0 spiro atoms. The first-order valence-corrected chi connectivity index (χ1v) is 9.54. The van der Waals surface area contributed by atoms with Gasteiger partial charge in [0.05, 0.1) is 11.0 Å². The molecule has 1 aliphatic carbocycles. The Labute approximate surface area is 140 Å². The molecule has 0 atom stereocenters. The lowest BCUT2D eigenvalue weighted by Crippen LogP contribution is -2.19. The number of sulfone groups is 1. The lowest BCUT2D eigenvalue weighted by atomic mass is 10.2. The zero-order valence-corrected chi connectivity index (χ0v) is 14.0. The van der Waals surface area contributed by atoms with E-state index in [0.29, 0.717) is 11.6 Å². The summed E-state index contributed by atoms with van der Waals surface area (Å²) in [5.41, 5.74) is 1.47. The highest BCUT2D eigenvalue weighted by atomic mass is 35.5. The molecule has 1 aromatic heterocycles. The first-order chi connectivity index (χ1) is 11.0. The van der Waals surface area contributed by atoms with Crippen molar-refractivity contribution in [1.82, 2.24) is 15.0 Å². The average Bonchev–Trinajstić information content (AvgIpc) is 3.02. The van der Waals surface area contributed by atoms with Crippen molar-refractivity contribution in [3.05, 3.63) is 41.4 Å². The molecule has 1 heterocycles. The van der Waals surface area contributed by atoms with Crippen LogP contribution in [0.3, 0.4) is 0 Å². The fourth-order valence-corrected chi connectivity index (χ4v) is 4.86. The molecule has 1 aromatic carbocycles. The van der Waals surface area contributed by atoms with Crippen molar-refractivity contribution in [1.29, 1.82) is 0 Å². The Morgan fingerprint density at radius 3 is 2.74 bits per heavy atom. The van der Waals surface area contributed by atoms with Gasteiger partial charge in [-0.05, 0) is 42.1 Å². The standard InChI is InChI=1S/C15H17ClN4O2S/c16-14-17-10-18-15(20-14)19-12-5-3-4-11(8-12)9-23(21,22)13-6-1-2-7-13/h3-5,8,10,13H,1-2,6-7,9H2,(H,17,18,19,20). The highest BCUT2D eigenvalue weighted by Crippen LogP contribution is 2.27. The van der Waals surface area contributed by atoms with Crippen LogP contribution in [-0.2, 0) is 15.6 Å². The fourth-order valence-electron chi connectivity index (χ4n) is 2.80. The first kappa shape index (κ1) is 16.1. The molecule has 3 rings (SSSR count). The van der Waals surface area contributed by atoms with Gasteiger partial charge in [-0.3, -0.25) is 0 Å². The molecule has 1 N–H and O–H groups in total. The van der Waals surface area contributed by atoms with Crippen molar-refractivity contribution >= 4 is 33.1 Å². The lowest BCUT2D eigenvalue weighted by molar-refractivity contribution is 0.579. The number of aromatic nitrogens is 3. The van der Waals surface area contributed by atoms with E-state index in [9.17, 15) is 8.42 Å². The molecule has 0 radical (unpaired) electrons. The molecule has 1 saturated carbocycles. The third-order valence-corrected chi connectivity index (χ3v) is 6.31. The number of hydrogen-bond acceptors (Lipinski definition) is 6. The van der Waals surface area contributed by atoms with E-state index in [2.05, 4.69) is 20.3 Å². The third kappa shape index (κ3) is 4.17. The summed E-state index contributed by atoms with van der Waals surface area (Å²) in [6.07, 6.45) is 4.89. The Bertz CT molecular complexity index is 792. The summed E-state index contributed by atoms with van der Waals surface area (Å²) in [6.45, 7) is 0. The van der Waals surface area contributed by atoms with Crippen molar-refractivity contribution in [2.24, 2.45) is 0 Å². The van der Waals surface area contributed by atoms with Crippen LogP contribution in [0.5, 0.6) is 0 Å². The van der Waals surface area contributed by atoms with Crippen molar-refractivity contribution in [3.63, 3.8) is 0 Å². The van der Waals surface area contributed by atoms with E-state index in [-0.39, 0.29) is 16.3 Å². The maximum Gasteiger partial charge on any atom is 0.231 e. The van der Waals surface area contributed by atoms with Crippen LogP contribution >= 0.6 is 11.6 Å². The van der Waals surface area contributed by atoms with Gasteiger partial charge in [-0.15, -0.1) is 0 Å². The van der Waals surface area contributed by atoms with Gasteiger partial charge < -0.3 is 5.32 Å². The molecule has 122 valence electrons. The molecule has 8 heteroatoms. The number of nitrogens with zero attached hydrogens (tertiary/aromatic N) is 3. The molecule has 0 amide bonds. The van der Waals surface area contributed by atoms with Crippen LogP contribution in [0.25, 0.3) is 0 Å². The molecular weight excluding hydrogens is 336 g/mol. The van der Waals surface area contributed by atoms with Crippen LogP contribution in [0.1, 0.15) is 31.2 Å². The predicted molar refractivity (Wildman–Crippen MR) is 89.4 cm³/mol. The largest absolute Gasteiger partial charge is 0.324 e. The second kappa shape index (κ2) is 6.80. The Kier molecular flexibility index (Phi) is 4.77. The summed E-state index contributed by atoms with van der Waals surface area (Å²) >= 11 is 5.72. The van der Waals surface area contributed by atoms with E-state index in [0.717, 1.165) is 31.2 Å². The molecule has 0 aliphatic heterocycles. The Hall–Kier alpha value is -1.73. The fraction of sp³-hybridized carbons (Fsp3) is 0.400. The van der Waals surface area contributed by atoms with Crippen LogP contribution < -0.4 is 5.32 Å². The SMILES string of the molecule is O=S(=O)(Cc1cccc(Nc2ncnc(Cl)n2)c1)C1CCCC1. The minimum Gasteiger partial charge on any atom is -0.324 e. The van der Waals surface area contributed by atoms with E-state index >= 15 is 0 Å². The summed E-state index contributed by atoms with van der Waals surface area (Å²) < 4.78 is 24.9. The van der Waals surface area contributed by atoms with Crippen LogP contribution in [0.4, 0.5) is 11.6 Å². The van der Waals surface area contributed by atoms with Gasteiger partial charge in [0.15, 0.2) is 9.84 Å². The molecule has 23 heavy (non-hydrogen) atoms. The van der Waals surface area contributed by atoms with Crippen LogP contribution in [0.2, 0.25) is 5.28 Å². The first-order valence-electron chi connectivity index (χ1n) is 7.45. The summed E-state index contributed by atoms with van der Waals surface area (Å²) in [5, 5.41) is 2.91. The number of anilines is 2. The lowest BCUT2D eigenvalue weighted by Gasteiger charge is -2.12. The van der Waals surface area contributed by atoms with Gasteiger partial charge in [0.1, 0.15) is 6.33 Å². The second-order valence-corrected chi connectivity index (χ2v) is 8.24. The molecule has 0 unspecified atom stereocenters. The summed E-state index contributed by atoms with van der Waals surface area (Å²) in [4.78, 5) is 11.6. The van der Waals surface area contributed by atoms with E-state index < -0.39 is 9.84 Å². The molecule has 2 aromatic rings. The smallest absolute Gasteiger partial charge is 0.231 e. The minimum absolute atomic E-state index is 0.0607. The maximum atomic E-state index is 12.4. The van der Waals surface area contributed by atoms with Crippen molar-refractivity contribution < 1.29 is 8.42 Å². The Morgan fingerprint density at radius 1 is 1.22 bits per heavy atom. The number of benzene rings is 1. The summed E-state index contributed by atoms with van der Waals surface area (Å²) in [6, 6.07) is 7.25. The predicted octanol–water partition coefficient (Wildman–Crippen LogP) is 3.13. The van der Waals surface area contributed by atoms with Crippen molar-refractivity contribution in [3.8, 4) is 0 Å². The van der Waals surface area contributed by atoms with Crippen molar-refractivity contribution in [2.75, 3.05) is 5.32 Å². The molecular formula is C15H17ClN4O2S. The Morgan fingerprint density at radius 2 is 2.00 bits per heavy atom. The highest BCUT2D eigenvalue weighted by molar-refractivity contribution is 7.91. The monoisotopic (exact) mass is 352 g/mol. The Balaban J connectivity index is 1.74. The summed E-state index contributed by atoms with van der Waals surface area (Å²) in [5.74, 6) is 0.381. The maximum absolute atomic E-state index is 12.4. The summed E-state index contributed by atoms with van der Waals surface area (Å²) in [7, 11) is -3.10. The van der Waals surface area contributed by atoms with E-state index in [1.54, 1.807) is 6.07 Å². The van der Waals surface area contributed by atoms with E-state index in [4.69, 9.17) is 11.6 Å². The van der Waals surface area contributed by atoms with E-state index in [1.165, 1.54) is 6.33 Å². The molecule has 1 aliphatic rings. The highest BCUT2D eigenvalue weighted by Gasteiger charge is 2.28. The van der Waals surface area contributed by atoms with Crippen LogP contribution in [0.15, 0.2) is 30.6 Å².